The fourth-order valence-electron chi connectivity index (χ4n) is 4.80. The van der Waals surface area contributed by atoms with Gasteiger partial charge in [-0.25, -0.2) is 4.85 Å². The molecule has 166 valence electrons. The van der Waals surface area contributed by atoms with Gasteiger partial charge in [-0.15, -0.1) is 0 Å². The maximum absolute atomic E-state index is 9.35. The van der Waals surface area contributed by atoms with Crippen LogP contribution in [0.2, 0.25) is 0 Å². The molecule has 0 saturated heterocycles. The van der Waals surface area contributed by atoms with Crippen LogP contribution in [0.15, 0.2) is 109 Å². The summed E-state index contributed by atoms with van der Waals surface area (Å²) in [5, 5.41) is 13.8. The minimum Gasteiger partial charge on any atom is -0.259 e. The van der Waals surface area contributed by atoms with E-state index in [0.717, 1.165) is 55.2 Å². The van der Waals surface area contributed by atoms with Crippen molar-refractivity contribution in [1.29, 1.82) is 5.26 Å². The van der Waals surface area contributed by atoms with Gasteiger partial charge in [0.05, 0.1) is 29.6 Å². The van der Waals surface area contributed by atoms with Crippen molar-refractivity contribution in [1.82, 2.24) is 9.97 Å². The number of rotatable bonds is 3. The molecule has 0 saturated carbocycles. The Morgan fingerprint density at radius 1 is 0.583 bits per heavy atom. The van der Waals surface area contributed by atoms with Crippen LogP contribution in [0.25, 0.3) is 60.0 Å². The highest BCUT2D eigenvalue weighted by Crippen LogP contribution is 2.40. The van der Waals surface area contributed by atoms with Crippen molar-refractivity contribution in [3.05, 3.63) is 126 Å². The third kappa shape index (κ3) is 3.55. The van der Waals surface area contributed by atoms with Crippen molar-refractivity contribution in [2.24, 2.45) is 0 Å². The molecule has 0 unspecified atom stereocenters. The van der Waals surface area contributed by atoms with E-state index in [9.17, 15) is 5.26 Å². The highest BCUT2D eigenvalue weighted by atomic mass is 14.7. The van der Waals surface area contributed by atoms with E-state index >= 15 is 0 Å². The molecule has 0 fully saturated rings. The number of fused-ring (bicyclic) bond motifs is 2. The van der Waals surface area contributed by atoms with Crippen LogP contribution in [0, 0.1) is 17.9 Å². The normalized spacial score (nSPS) is 10.7. The van der Waals surface area contributed by atoms with E-state index < -0.39 is 0 Å². The minimum absolute atomic E-state index is 0.573. The van der Waals surface area contributed by atoms with Crippen molar-refractivity contribution in [2.45, 2.75) is 0 Å². The van der Waals surface area contributed by atoms with Gasteiger partial charge in [0.25, 0.3) is 0 Å². The average Bonchev–Trinajstić information content (AvgIpc) is 2.96. The van der Waals surface area contributed by atoms with Gasteiger partial charge in [0.2, 0.25) is 0 Å². The molecule has 0 atom stereocenters. The summed E-state index contributed by atoms with van der Waals surface area (Å²) in [6, 6.07) is 34.4. The molecule has 0 spiro atoms. The lowest BCUT2D eigenvalue weighted by Gasteiger charge is -2.15. The molecule has 4 nitrogen and oxygen atoms in total. The minimum atomic E-state index is 0.573. The first kappa shape index (κ1) is 21.2. The average molecular weight is 459 g/mol. The topological polar surface area (TPSA) is 53.9 Å². The van der Waals surface area contributed by atoms with Crippen molar-refractivity contribution in [3.63, 3.8) is 0 Å². The Hall–Kier alpha value is -5.32. The number of hydrogen-bond acceptors (Lipinski definition) is 3. The summed E-state index contributed by atoms with van der Waals surface area (Å²) in [5.41, 5.74) is 6.96. The van der Waals surface area contributed by atoms with Crippen LogP contribution in [0.1, 0.15) is 5.56 Å². The maximum Gasteiger partial charge on any atom is 0.190 e. The van der Waals surface area contributed by atoms with Crippen LogP contribution in [0.3, 0.4) is 0 Å². The number of hydrogen-bond donors (Lipinski definition) is 0. The highest BCUT2D eigenvalue weighted by Gasteiger charge is 2.15. The first-order valence-corrected chi connectivity index (χ1v) is 11.5. The molecule has 0 radical (unpaired) electrons. The van der Waals surface area contributed by atoms with Gasteiger partial charge in [-0.1, -0.05) is 72.8 Å². The monoisotopic (exact) mass is 458 g/mol. The van der Waals surface area contributed by atoms with Crippen molar-refractivity contribution < 1.29 is 0 Å². The van der Waals surface area contributed by atoms with Gasteiger partial charge in [0.1, 0.15) is 0 Å². The van der Waals surface area contributed by atoms with Gasteiger partial charge < -0.3 is 0 Å². The quantitative estimate of drug-likeness (QED) is 0.251. The van der Waals surface area contributed by atoms with E-state index in [1.54, 1.807) is 24.5 Å². The molecule has 6 aromatic rings. The summed E-state index contributed by atoms with van der Waals surface area (Å²) < 4.78 is 0. The summed E-state index contributed by atoms with van der Waals surface area (Å²) in [6.45, 7) is 7.37. The van der Waals surface area contributed by atoms with Gasteiger partial charge in [-0.3, -0.25) is 9.97 Å². The van der Waals surface area contributed by atoms with Gasteiger partial charge >= 0.3 is 0 Å². The summed E-state index contributed by atoms with van der Waals surface area (Å²) in [4.78, 5) is 12.7. The third-order valence-corrected chi connectivity index (χ3v) is 6.45. The fourth-order valence-corrected chi connectivity index (χ4v) is 4.80. The second-order valence-electron chi connectivity index (χ2n) is 8.47. The Bertz CT molecular complexity index is 1730. The Morgan fingerprint density at radius 3 is 1.58 bits per heavy atom. The lowest BCUT2D eigenvalue weighted by atomic mass is 9.89. The number of aromatic nitrogens is 2. The predicted molar refractivity (Wildman–Crippen MR) is 144 cm³/mol. The molecular weight excluding hydrogens is 440 g/mol. The van der Waals surface area contributed by atoms with E-state index in [2.05, 4.69) is 69.4 Å². The van der Waals surface area contributed by atoms with Gasteiger partial charge in [0.15, 0.2) is 5.69 Å². The molecule has 0 aliphatic heterocycles. The van der Waals surface area contributed by atoms with Crippen LogP contribution < -0.4 is 0 Å². The fraction of sp³-hybridized carbons (Fsp3) is 0. The largest absolute Gasteiger partial charge is 0.259 e. The highest BCUT2D eigenvalue weighted by molar-refractivity contribution is 6.11. The first-order chi connectivity index (χ1) is 17.8. The molecule has 0 aliphatic carbocycles. The van der Waals surface area contributed by atoms with E-state index in [0.29, 0.717) is 11.3 Å². The van der Waals surface area contributed by atoms with E-state index in [-0.39, 0.29) is 0 Å². The number of pyridine rings is 2. The molecule has 0 aliphatic rings. The molecular formula is C32H18N4. The second-order valence-corrected chi connectivity index (χ2v) is 8.47. The Labute approximate surface area is 208 Å². The van der Waals surface area contributed by atoms with Crippen molar-refractivity contribution in [2.75, 3.05) is 0 Å². The van der Waals surface area contributed by atoms with E-state index in [1.807, 2.05) is 36.4 Å². The van der Waals surface area contributed by atoms with Crippen LogP contribution in [0.5, 0.6) is 0 Å². The maximum atomic E-state index is 9.35. The molecule has 36 heavy (non-hydrogen) atoms. The summed E-state index contributed by atoms with van der Waals surface area (Å²) in [7, 11) is 0. The molecule has 4 heteroatoms. The first-order valence-electron chi connectivity index (χ1n) is 11.5. The number of benzene rings is 4. The Kier molecular flexibility index (Phi) is 5.19. The van der Waals surface area contributed by atoms with Crippen LogP contribution in [-0.4, -0.2) is 9.97 Å². The van der Waals surface area contributed by atoms with E-state index in [4.69, 9.17) is 6.57 Å². The van der Waals surface area contributed by atoms with Crippen LogP contribution in [0.4, 0.5) is 5.69 Å². The summed E-state index contributed by atoms with van der Waals surface area (Å²) in [6.07, 6.45) is 3.37. The lowest BCUT2D eigenvalue weighted by Crippen LogP contribution is -1.91. The zero-order chi connectivity index (χ0) is 24.5. The predicted octanol–water partition coefficient (Wildman–Crippen LogP) is 8.21. The molecule has 2 aromatic heterocycles. The zero-order valence-corrected chi connectivity index (χ0v) is 19.2. The van der Waals surface area contributed by atoms with Crippen LogP contribution in [-0.2, 0) is 0 Å². The zero-order valence-electron chi connectivity index (χ0n) is 19.2. The molecule has 0 amide bonds. The smallest absolute Gasteiger partial charge is 0.190 e. The molecule has 0 N–H and O–H groups in total. The molecule has 0 bridgehead atoms. The summed E-state index contributed by atoms with van der Waals surface area (Å²) in [5.74, 6) is 0. The van der Waals surface area contributed by atoms with Crippen molar-refractivity contribution >= 4 is 27.2 Å². The Morgan fingerprint density at radius 2 is 1.06 bits per heavy atom. The van der Waals surface area contributed by atoms with Crippen molar-refractivity contribution in [3.8, 4) is 39.7 Å². The van der Waals surface area contributed by atoms with Crippen LogP contribution >= 0.6 is 0 Å². The molecule has 6 rings (SSSR count). The molecule has 2 heterocycles. The van der Waals surface area contributed by atoms with Gasteiger partial charge in [-0.2, -0.15) is 5.26 Å². The lowest BCUT2D eigenvalue weighted by molar-refractivity contribution is 1.31. The SMILES string of the molecule is [C-]#[N+]c1ccnc(-c2ccc(-c3ccc(-c4cc(C#N)ccn4)c4ccccc34)c3ccccc23)c1. The number of nitrogens with zero attached hydrogens (tertiary/aromatic N) is 4. The van der Waals surface area contributed by atoms with Gasteiger partial charge in [-0.05, 0) is 56.9 Å². The summed E-state index contributed by atoms with van der Waals surface area (Å²) >= 11 is 0. The van der Waals surface area contributed by atoms with E-state index in [1.165, 1.54) is 0 Å². The third-order valence-electron chi connectivity index (χ3n) is 6.45. The second kappa shape index (κ2) is 8.80. The standard InChI is InChI=1S/C32H18N4/c1-34-22-15-17-36-32(19-22)30-13-11-28(24-7-3-5-9-26(24)30)27-10-12-29(25-8-4-2-6-23(25)27)31-18-21(20-33)14-16-35-31/h2-19H. The van der Waals surface area contributed by atoms with Gasteiger partial charge in [0, 0.05) is 23.5 Å². The number of nitriles is 1. The Balaban J connectivity index is 1.59. The molecule has 4 aromatic carbocycles.